The topological polar surface area (TPSA) is 90.6 Å². The van der Waals surface area contributed by atoms with Gasteiger partial charge in [0.25, 0.3) is 0 Å². The molecular weight excluding hydrogens is 504 g/mol. The minimum atomic E-state index is -3.71. The van der Waals surface area contributed by atoms with E-state index in [0.29, 0.717) is 36.3 Å². The van der Waals surface area contributed by atoms with Gasteiger partial charge in [0.1, 0.15) is 6.61 Å². The summed E-state index contributed by atoms with van der Waals surface area (Å²) < 4.78 is 35.4. The second kappa shape index (κ2) is 10.4. The largest absolute Gasteiger partial charge is 0.490 e. The molecule has 3 aromatic rings. The molecular formula is C22H22BrClN2O4S. The van der Waals surface area contributed by atoms with Gasteiger partial charge in [0.15, 0.2) is 11.5 Å². The zero-order chi connectivity index (χ0) is 22.4. The number of halogens is 2. The summed E-state index contributed by atoms with van der Waals surface area (Å²) in [6.07, 6.45) is 0. The van der Waals surface area contributed by atoms with E-state index in [9.17, 15) is 8.42 Å². The summed E-state index contributed by atoms with van der Waals surface area (Å²) in [5.41, 5.74) is 2.72. The van der Waals surface area contributed by atoms with Crippen molar-refractivity contribution in [2.45, 2.75) is 25.0 Å². The molecule has 3 aromatic carbocycles. The summed E-state index contributed by atoms with van der Waals surface area (Å²) in [5.74, 6) is 1.27. The minimum absolute atomic E-state index is 0.0695. The first kappa shape index (κ1) is 23.4. The van der Waals surface area contributed by atoms with Gasteiger partial charge in [-0.15, -0.1) is 0 Å². The van der Waals surface area contributed by atoms with Gasteiger partial charge in [-0.05, 0) is 66.6 Å². The fourth-order valence-electron chi connectivity index (χ4n) is 2.80. The van der Waals surface area contributed by atoms with E-state index in [0.717, 1.165) is 21.3 Å². The smallest absolute Gasteiger partial charge is 0.238 e. The minimum Gasteiger partial charge on any atom is -0.490 e. The average Bonchev–Trinajstić information content (AvgIpc) is 2.73. The van der Waals surface area contributed by atoms with Gasteiger partial charge in [0.05, 0.1) is 11.5 Å². The Kier molecular flexibility index (Phi) is 7.83. The van der Waals surface area contributed by atoms with Gasteiger partial charge >= 0.3 is 0 Å². The fourth-order valence-corrected chi connectivity index (χ4v) is 3.90. The number of ether oxygens (including phenoxy) is 2. The van der Waals surface area contributed by atoms with Crippen molar-refractivity contribution in [3.8, 4) is 11.5 Å². The molecule has 0 aliphatic rings. The average molecular weight is 526 g/mol. The van der Waals surface area contributed by atoms with Crippen molar-refractivity contribution in [2.75, 3.05) is 11.9 Å². The summed E-state index contributed by atoms with van der Waals surface area (Å²) in [5, 5.41) is 9.07. The molecule has 3 N–H and O–H groups in total. The number of nitrogens with one attached hydrogen (secondary N) is 1. The molecule has 0 atom stereocenters. The first-order valence-electron chi connectivity index (χ1n) is 9.45. The standard InChI is InChI=1S/C22H22BrClN2O4S/c1-2-29-21-11-16(13-26-18-7-9-19(10-8-18)31(25,27)28)20(23)12-22(21)30-14-15-3-5-17(24)6-4-15/h3-12,26H,2,13-14H2,1H3,(H2,25,27,28). The van der Waals surface area contributed by atoms with Crippen LogP contribution in [0.2, 0.25) is 5.02 Å². The lowest BCUT2D eigenvalue weighted by atomic mass is 10.2. The van der Waals surface area contributed by atoms with E-state index in [-0.39, 0.29) is 4.90 Å². The molecule has 3 rings (SSSR count). The summed E-state index contributed by atoms with van der Waals surface area (Å²) in [4.78, 5) is 0.0695. The van der Waals surface area contributed by atoms with Gasteiger partial charge in [0.2, 0.25) is 10.0 Å². The number of nitrogens with two attached hydrogens (primary N) is 1. The number of anilines is 1. The van der Waals surface area contributed by atoms with Crippen LogP contribution in [0.1, 0.15) is 18.1 Å². The molecule has 164 valence electrons. The highest BCUT2D eigenvalue weighted by Gasteiger charge is 2.12. The van der Waals surface area contributed by atoms with Crippen molar-refractivity contribution in [2.24, 2.45) is 5.14 Å². The highest BCUT2D eigenvalue weighted by Crippen LogP contribution is 2.35. The zero-order valence-electron chi connectivity index (χ0n) is 16.8. The summed E-state index contributed by atoms with van der Waals surface area (Å²) in [6, 6.07) is 17.5. The second-order valence-corrected chi connectivity index (χ2v) is 9.51. The van der Waals surface area contributed by atoms with Crippen LogP contribution in [0.3, 0.4) is 0 Å². The first-order chi connectivity index (χ1) is 14.8. The fraction of sp³-hybridized carbons (Fsp3) is 0.182. The van der Waals surface area contributed by atoms with Crippen LogP contribution in [0.25, 0.3) is 0 Å². The van der Waals surface area contributed by atoms with E-state index in [1.165, 1.54) is 12.1 Å². The number of rotatable bonds is 9. The normalized spacial score (nSPS) is 11.2. The van der Waals surface area contributed by atoms with Crippen molar-refractivity contribution in [1.29, 1.82) is 0 Å². The Morgan fingerprint density at radius 2 is 1.65 bits per heavy atom. The lowest BCUT2D eigenvalue weighted by molar-refractivity contribution is 0.269. The molecule has 0 aliphatic carbocycles. The van der Waals surface area contributed by atoms with Crippen LogP contribution in [-0.4, -0.2) is 15.0 Å². The van der Waals surface area contributed by atoms with Crippen LogP contribution in [0, 0.1) is 0 Å². The van der Waals surface area contributed by atoms with Gasteiger partial charge in [0, 0.05) is 21.7 Å². The Labute approximate surface area is 195 Å². The zero-order valence-corrected chi connectivity index (χ0v) is 19.9. The molecule has 0 saturated carbocycles. The van der Waals surface area contributed by atoms with Crippen molar-refractivity contribution in [1.82, 2.24) is 0 Å². The van der Waals surface area contributed by atoms with Crippen LogP contribution in [-0.2, 0) is 23.2 Å². The molecule has 0 amide bonds. The van der Waals surface area contributed by atoms with Crippen molar-refractivity contribution < 1.29 is 17.9 Å². The summed E-state index contributed by atoms with van der Waals surface area (Å²) >= 11 is 9.52. The second-order valence-electron chi connectivity index (χ2n) is 6.66. The van der Waals surface area contributed by atoms with Gasteiger partial charge in [-0.2, -0.15) is 0 Å². The molecule has 0 heterocycles. The molecule has 6 nitrogen and oxygen atoms in total. The number of primary sulfonamides is 1. The van der Waals surface area contributed by atoms with E-state index in [1.807, 2.05) is 43.3 Å². The Balaban J connectivity index is 1.72. The molecule has 0 aromatic heterocycles. The van der Waals surface area contributed by atoms with Gasteiger partial charge < -0.3 is 14.8 Å². The van der Waals surface area contributed by atoms with Crippen molar-refractivity contribution in [3.63, 3.8) is 0 Å². The van der Waals surface area contributed by atoms with Crippen LogP contribution < -0.4 is 19.9 Å². The van der Waals surface area contributed by atoms with E-state index < -0.39 is 10.0 Å². The first-order valence-corrected chi connectivity index (χ1v) is 12.2. The molecule has 0 saturated heterocycles. The van der Waals surface area contributed by atoms with Gasteiger partial charge in [-0.25, -0.2) is 13.6 Å². The van der Waals surface area contributed by atoms with Gasteiger partial charge in [-0.1, -0.05) is 39.7 Å². The molecule has 0 aliphatic heterocycles. The monoisotopic (exact) mass is 524 g/mol. The Morgan fingerprint density at radius 3 is 2.26 bits per heavy atom. The number of hydrogen-bond acceptors (Lipinski definition) is 5. The number of hydrogen-bond donors (Lipinski definition) is 2. The third-order valence-electron chi connectivity index (χ3n) is 4.39. The van der Waals surface area contributed by atoms with E-state index >= 15 is 0 Å². The lowest BCUT2D eigenvalue weighted by Gasteiger charge is -2.16. The SMILES string of the molecule is CCOc1cc(CNc2ccc(S(N)(=O)=O)cc2)c(Br)cc1OCc1ccc(Cl)cc1. The third kappa shape index (κ3) is 6.61. The van der Waals surface area contributed by atoms with E-state index in [1.54, 1.807) is 12.1 Å². The Bertz CT molecular complexity index is 1140. The Morgan fingerprint density at radius 1 is 1.00 bits per heavy atom. The van der Waals surface area contributed by atoms with Crippen LogP contribution >= 0.6 is 27.5 Å². The molecule has 0 spiro atoms. The van der Waals surface area contributed by atoms with Gasteiger partial charge in [-0.3, -0.25) is 0 Å². The maximum Gasteiger partial charge on any atom is 0.238 e. The molecule has 0 fully saturated rings. The predicted molar refractivity (Wildman–Crippen MR) is 126 cm³/mol. The molecule has 9 heteroatoms. The molecule has 0 bridgehead atoms. The number of benzene rings is 3. The number of sulfonamides is 1. The maximum atomic E-state index is 11.4. The highest BCUT2D eigenvalue weighted by atomic mass is 79.9. The highest BCUT2D eigenvalue weighted by molar-refractivity contribution is 9.10. The van der Waals surface area contributed by atoms with E-state index in [4.69, 9.17) is 26.2 Å². The third-order valence-corrected chi connectivity index (χ3v) is 6.31. The summed E-state index contributed by atoms with van der Waals surface area (Å²) in [6.45, 7) is 3.29. The molecule has 0 unspecified atom stereocenters. The maximum absolute atomic E-state index is 11.4. The van der Waals surface area contributed by atoms with Crippen molar-refractivity contribution in [3.05, 3.63) is 81.3 Å². The van der Waals surface area contributed by atoms with Crippen LogP contribution in [0.5, 0.6) is 11.5 Å². The van der Waals surface area contributed by atoms with Crippen molar-refractivity contribution >= 4 is 43.2 Å². The van der Waals surface area contributed by atoms with E-state index in [2.05, 4.69) is 21.2 Å². The van der Waals surface area contributed by atoms with Crippen LogP contribution in [0.4, 0.5) is 5.69 Å². The lowest BCUT2D eigenvalue weighted by Crippen LogP contribution is -2.12. The molecule has 0 radical (unpaired) electrons. The predicted octanol–water partition coefficient (Wildman–Crippen LogP) is 5.34. The molecule has 31 heavy (non-hydrogen) atoms. The van der Waals surface area contributed by atoms with Crippen LogP contribution in [0.15, 0.2) is 70.0 Å². The quantitative estimate of drug-likeness (QED) is 0.393. The Hall–Kier alpha value is -2.26. The summed E-state index contributed by atoms with van der Waals surface area (Å²) in [7, 11) is -3.71.